The van der Waals surface area contributed by atoms with Crippen LogP contribution < -0.4 is 5.56 Å². The molecule has 3 heterocycles. The molecule has 0 saturated carbocycles. The molecular weight excluding hydrogens is 274 g/mol. The molecule has 3 rings (SSSR count). The van der Waals surface area contributed by atoms with Crippen molar-refractivity contribution in [2.75, 3.05) is 0 Å². The fourth-order valence-electron chi connectivity index (χ4n) is 2.10. The first-order valence-electron chi connectivity index (χ1n) is 6.13. The number of hydrogen-bond donors (Lipinski definition) is 1. The zero-order valence-corrected chi connectivity index (χ0v) is 11.1. The summed E-state index contributed by atoms with van der Waals surface area (Å²) in [7, 11) is 1.69. The lowest BCUT2D eigenvalue weighted by molar-refractivity contribution is -0.136. The van der Waals surface area contributed by atoms with E-state index in [1.807, 2.05) is 0 Å². The predicted octanol–water partition coefficient (Wildman–Crippen LogP) is 0.117. The van der Waals surface area contributed by atoms with Crippen molar-refractivity contribution in [1.29, 1.82) is 0 Å². The normalized spacial score (nSPS) is 10.9. The highest BCUT2D eigenvalue weighted by atomic mass is 16.4. The number of nitrogens with zero attached hydrogens (tertiary/aromatic N) is 5. The van der Waals surface area contributed by atoms with Crippen LogP contribution in [0.25, 0.3) is 17.0 Å². The molecule has 0 radical (unpaired) electrons. The molecule has 0 unspecified atom stereocenters. The number of aromatic nitrogens is 5. The Bertz CT molecular complexity index is 882. The van der Waals surface area contributed by atoms with E-state index in [4.69, 9.17) is 5.11 Å². The van der Waals surface area contributed by atoms with Gasteiger partial charge in [-0.3, -0.25) is 19.6 Å². The summed E-state index contributed by atoms with van der Waals surface area (Å²) in [4.78, 5) is 31.0. The number of fused-ring (bicyclic) bond motifs is 1. The molecule has 8 nitrogen and oxygen atoms in total. The van der Waals surface area contributed by atoms with Crippen molar-refractivity contribution in [3.63, 3.8) is 0 Å². The van der Waals surface area contributed by atoms with Crippen LogP contribution in [0.1, 0.15) is 5.69 Å². The molecule has 0 bridgehead atoms. The van der Waals surface area contributed by atoms with Crippen LogP contribution in [0.5, 0.6) is 0 Å². The number of hydrogen-bond acceptors (Lipinski definition) is 5. The SMILES string of the molecule is Cn1c(CC(=O)O)cc(=O)n2nc(-c3cnccn3)cc12. The topological polar surface area (TPSA) is 102 Å². The fraction of sp³-hybridized carbons (Fsp3) is 0.154. The first-order chi connectivity index (χ1) is 10.1. The molecular formula is C13H11N5O3. The van der Waals surface area contributed by atoms with Gasteiger partial charge in [0.1, 0.15) is 17.0 Å². The van der Waals surface area contributed by atoms with E-state index in [9.17, 15) is 9.59 Å². The third-order valence-electron chi connectivity index (χ3n) is 3.12. The van der Waals surface area contributed by atoms with Crippen LogP contribution in [-0.4, -0.2) is 35.2 Å². The molecule has 0 aromatic carbocycles. The van der Waals surface area contributed by atoms with Crippen LogP contribution in [-0.2, 0) is 18.3 Å². The molecule has 0 aliphatic carbocycles. The third-order valence-corrected chi connectivity index (χ3v) is 3.12. The van der Waals surface area contributed by atoms with Gasteiger partial charge in [-0.2, -0.15) is 9.61 Å². The Morgan fingerprint density at radius 1 is 1.29 bits per heavy atom. The van der Waals surface area contributed by atoms with Crippen molar-refractivity contribution in [3.8, 4) is 11.4 Å². The minimum absolute atomic E-state index is 0.228. The molecule has 0 atom stereocenters. The van der Waals surface area contributed by atoms with Crippen molar-refractivity contribution in [2.24, 2.45) is 7.05 Å². The molecule has 0 saturated heterocycles. The maximum Gasteiger partial charge on any atom is 0.309 e. The Kier molecular flexibility index (Phi) is 2.98. The second-order valence-electron chi connectivity index (χ2n) is 4.49. The summed E-state index contributed by atoms with van der Waals surface area (Å²) < 4.78 is 2.84. The van der Waals surface area contributed by atoms with Gasteiger partial charge >= 0.3 is 5.97 Å². The molecule has 3 aromatic rings. The highest BCUT2D eigenvalue weighted by Gasteiger charge is 2.13. The summed E-state index contributed by atoms with van der Waals surface area (Å²) in [5.41, 5.74) is 1.57. The van der Waals surface area contributed by atoms with E-state index in [2.05, 4.69) is 15.1 Å². The molecule has 3 aromatic heterocycles. The zero-order valence-electron chi connectivity index (χ0n) is 11.1. The molecule has 106 valence electrons. The van der Waals surface area contributed by atoms with Crippen LogP contribution >= 0.6 is 0 Å². The maximum absolute atomic E-state index is 12.0. The molecule has 1 N–H and O–H groups in total. The third kappa shape index (κ3) is 2.27. The Morgan fingerprint density at radius 2 is 2.10 bits per heavy atom. The van der Waals surface area contributed by atoms with Crippen LogP contribution in [0.4, 0.5) is 0 Å². The summed E-state index contributed by atoms with van der Waals surface area (Å²) in [5.74, 6) is -0.997. The lowest BCUT2D eigenvalue weighted by Crippen LogP contribution is -2.21. The zero-order chi connectivity index (χ0) is 15.0. The Balaban J connectivity index is 2.22. The first kappa shape index (κ1) is 13.0. The van der Waals surface area contributed by atoms with E-state index < -0.39 is 5.97 Å². The molecule has 0 spiro atoms. The summed E-state index contributed by atoms with van der Waals surface area (Å²) in [6.45, 7) is 0. The van der Waals surface area contributed by atoms with E-state index in [1.54, 1.807) is 30.1 Å². The number of carbonyl (C=O) groups is 1. The number of rotatable bonds is 3. The number of aliphatic carboxylic acids is 1. The largest absolute Gasteiger partial charge is 0.481 e. The molecule has 0 aliphatic rings. The molecule has 0 aliphatic heterocycles. The molecule has 21 heavy (non-hydrogen) atoms. The lowest BCUT2D eigenvalue weighted by Gasteiger charge is -2.07. The number of carboxylic acid groups (broad SMARTS) is 1. The monoisotopic (exact) mass is 285 g/mol. The molecule has 8 heteroatoms. The molecule has 0 fully saturated rings. The van der Waals surface area contributed by atoms with E-state index >= 15 is 0 Å². The summed E-state index contributed by atoms with van der Waals surface area (Å²) >= 11 is 0. The minimum atomic E-state index is -0.997. The average molecular weight is 285 g/mol. The highest BCUT2D eigenvalue weighted by Crippen LogP contribution is 2.16. The summed E-state index contributed by atoms with van der Waals surface area (Å²) in [5, 5.41) is 13.1. The second-order valence-corrected chi connectivity index (χ2v) is 4.49. The summed E-state index contributed by atoms with van der Waals surface area (Å²) in [6.07, 6.45) is 4.40. The maximum atomic E-state index is 12.0. The average Bonchev–Trinajstić information content (AvgIpc) is 2.91. The van der Waals surface area contributed by atoms with Crippen molar-refractivity contribution in [3.05, 3.63) is 46.8 Å². The van der Waals surface area contributed by atoms with Gasteiger partial charge in [-0.15, -0.1) is 0 Å². The standard InChI is InChI=1S/C13H11N5O3/c1-17-8(5-13(20)21)4-12(19)18-11(17)6-9(16-18)10-7-14-2-3-15-10/h2-4,6-7H,5H2,1H3,(H,20,21). The van der Waals surface area contributed by atoms with E-state index in [0.717, 1.165) is 0 Å². The lowest BCUT2D eigenvalue weighted by atomic mass is 10.3. The van der Waals surface area contributed by atoms with Gasteiger partial charge in [0.15, 0.2) is 0 Å². The van der Waals surface area contributed by atoms with Gasteiger partial charge in [0, 0.05) is 37.3 Å². The highest BCUT2D eigenvalue weighted by molar-refractivity contribution is 5.70. The quantitative estimate of drug-likeness (QED) is 0.733. The van der Waals surface area contributed by atoms with Crippen molar-refractivity contribution >= 4 is 11.6 Å². The Labute approximate surface area is 118 Å². The fourth-order valence-corrected chi connectivity index (χ4v) is 2.10. The first-order valence-corrected chi connectivity index (χ1v) is 6.13. The number of aryl methyl sites for hydroxylation is 1. The molecule has 0 amide bonds. The van der Waals surface area contributed by atoms with Gasteiger partial charge in [-0.05, 0) is 0 Å². The van der Waals surface area contributed by atoms with E-state index in [0.29, 0.717) is 22.7 Å². The van der Waals surface area contributed by atoms with Gasteiger partial charge in [0.2, 0.25) is 0 Å². The summed E-state index contributed by atoms with van der Waals surface area (Å²) in [6, 6.07) is 2.95. The van der Waals surface area contributed by atoms with Crippen LogP contribution in [0.15, 0.2) is 35.5 Å². The van der Waals surface area contributed by atoms with Crippen LogP contribution in [0.2, 0.25) is 0 Å². The van der Waals surface area contributed by atoms with Crippen LogP contribution in [0.3, 0.4) is 0 Å². The predicted molar refractivity (Wildman–Crippen MR) is 72.8 cm³/mol. The Morgan fingerprint density at radius 3 is 2.76 bits per heavy atom. The van der Waals surface area contributed by atoms with Gasteiger partial charge in [-0.25, -0.2) is 0 Å². The van der Waals surface area contributed by atoms with Crippen LogP contribution in [0, 0.1) is 0 Å². The van der Waals surface area contributed by atoms with Crippen molar-refractivity contribution in [1.82, 2.24) is 24.1 Å². The second kappa shape index (κ2) is 4.82. The van der Waals surface area contributed by atoms with E-state index in [-0.39, 0.29) is 12.0 Å². The van der Waals surface area contributed by atoms with Gasteiger partial charge in [0.25, 0.3) is 5.56 Å². The van der Waals surface area contributed by atoms with Gasteiger partial charge in [-0.1, -0.05) is 0 Å². The van der Waals surface area contributed by atoms with Gasteiger partial charge in [0.05, 0.1) is 12.6 Å². The van der Waals surface area contributed by atoms with Gasteiger partial charge < -0.3 is 9.67 Å². The smallest absolute Gasteiger partial charge is 0.309 e. The van der Waals surface area contributed by atoms with Crippen molar-refractivity contribution in [2.45, 2.75) is 6.42 Å². The van der Waals surface area contributed by atoms with Crippen molar-refractivity contribution < 1.29 is 9.90 Å². The minimum Gasteiger partial charge on any atom is -0.481 e. The Hall–Kier alpha value is -3.03. The number of carboxylic acids is 1. The van der Waals surface area contributed by atoms with E-state index in [1.165, 1.54) is 16.8 Å².